The molecule has 2 aromatic carbocycles. The highest BCUT2D eigenvalue weighted by molar-refractivity contribution is 8.19. The van der Waals surface area contributed by atoms with E-state index in [0.29, 0.717) is 22.9 Å². The molecular weight excluding hydrogens is 450 g/mol. The molecule has 1 aliphatic rings. The molecule has 7 nitrogen and oxygen atoms in total. The lowest BCUT2D eigenvalue weighted by Crippen LogP contribution is -2.27. The van der Waals surface area contributed by atoms with Crippen molar-refractivity contribution in [3.8, 4) is 0 Å². The molecule has 2 aromatic heterocycles. The van der Waals surface area contributed by atoms with E-state index in [1.807, 2.05) is 54.1 Å². The standard InChI is InChI=1S/C26H21N3O4S/c1-17-8-10-19(11-9-17)29-25(31)23(34-26(29)32)13-18-15-28(22-7-3-2-6-21(18)22)16-24(30)27-14-20-5-4-12-33-20/h2-13,15H,14,16H2,1H3,(H,27,30)/b23-13-. The van der Waals surface area contributed by atoms with Gasteiger partial charge < -0.3 is 14.3 Å². The van der Waals surface area contributed by atoms with Gasteiger partial charge in [0.05, 0.1) is 23.4 Å². The molecule has 4 aromatic rings. The second-order valence-corrected chi connectivity index (χ2v) is 8.93. The van der Waals surface area contributed by atoms with Gasteiger partial charge in [0, 0.05) is 22.7 Å². The van der Waals surface area contributed by atoms with E-state index in [-0.39, 0.29) is 23.6 Å². The first-order valence-corrected chi connectivity index (χ1v) is 11.5. The van der Waals surface area contributed by atoms with Gasteiger partial charge in [0.2, 0.25) is 5.91 Å². The Hall–Kier alpha value is -4.04. The van der Waals surface area contributed by atoms with E-state index in [1.54, 1.807) is 36.6 Å². The summed E-state index contributed by atoms with van der Waals surface area (Å²) in [7, 11) is 0. The number of nitrogens with zero attached hydrogens (tertiary/aromatic N) is 2. The predicted octanol–water partition coefficient (Wildman–Crippen LogP) is 5.10. The van der Waals surface area contributed by atoms with Crippen LogP contribution in [0, 0.1) is 6.92 Å². The fraction of sp³-hybridized carbons (Fsp3) is 0.115. The maximum atomic E-state index is 13.1. The van der Waals surface area contributed by atoms with Gasteiger partial charge in [-0.1, -0.05) is 35.9 Å². The lowest BCUT2D eigenvalue weighted by molar-refractivity contribution is -0.121. The van der Waals surface area contributed by atoms with Crippen molar-refractivity contribution in [2.45, 2.75) is 20.0 Å². The van der Waals surface area contributed by atoms with Crippen LogP contribution in [0.4, 0.5) is 10.5 Å². The van der Waals surface area contributed by atoms with E-state index in [2.05, 4.69) is 5.32 Å². The highest BCUT2D eigenvalue weighted by atomic mass is 32.2. The van der Waals surface area contributed by atoms with E-state index in [1.165, 1.54) is 4.90 Å². The number of anilines is 1. The van der Waals surface area contributed by atoms with Crippen LogP contribution in [-0.2, 0) is 22.7 Å². The Labute approximate surface area is 200 Å². The van der Waals surface area contributed by atoms with E-state index < -0.39 is 0 Å². The van der Waals surface area contributed by atoms with Gasteiger partial charge in [0.15, 0.2) is 0 Å². The zero-order chi connectivity index (χ0) is 23.7. The summed E-state index contributed by atoms with van der Waals surface area (Å²) in [5, 5.41) is 3.40. The molecule has 0 spiro atoms. The number of imide groups is 1. The minimum Gasteiger partial charge on any atom is -0.467 e. The van der Waals surface area contributed by atoms with Crippen molar-refractivity contribution < 1.29 is 18.8 Å². The van der Waals surface area contributed by atoms with Crippen molar-refractivity contribution >= 4 is 51.5 Å². The van der Waals surface area contributed by atoms with Gasteiger partial charge in [0.1, 0.15) is 12.3 Å². The maximum Gasteiger partial charge on any atom is 0.298 e. The highest BCUT2D eigenvalue weighted by Gasteiger charge is 2.36. The number of rotatable bonds is 6. The number of thioether (sulfide) groups is 1. The number of carbonyl (C=O) groups is 3. The molecule has 1 fully saturated rings. The van der Waals surface area contributed by atoms with Crippen LogP contribution in [0.2, 0.25) is 0 Å². The highest BCUT2D eigenvalue weighted by Crippen LogP contribution is 2.37. The zero-order valence-electron chi connectivity index (χ0n) is 18.4. The summed E-state index contributed by atoms with van der Waals surface area (Å²) in [5.41, 5.74) is 3.22. The Kier molecular flexibility index (Phi) is 5.81. The van der Waals surface area contributed by atoms with Crippen LogP contribution in [-0.4, -0.2) is 21.6 Å². The first-order chi connectivity index (χ1) is 16.5. The Morgan fingerprint density at radius 3 is 2.62 bits per heavy atom. The number of para-hydroxylation sites is 1. The summed E-state index contributed by atoms with van der Waals surface area (Å²) in [5.74, 6) is 0.158. The number of hydrogen-bond donors (Lipinski definition) is 1. The largest absolute Gasteiger partial charge is 0.467 e. The fourth-order valence-electron chi connectivity index (χ4n) is 3.86. The zero-order valence-corrected chi connectivity index (χ0v) is 19.2. The van der Waals surface area contributed by atoms with Gasteiger partial charge in [0.25, 0.3) is 11.1 Å². The molecular formula is C26H21N3O4S. The average molecular weight is 472 g/mol. The summed E-state index contributed by atoms with van der Waals surface area (Å²) >= 11 is 0.914. The molecule has 3 amide bonds. The summed E-state index contributed by atoms with van der Waals surface area (Å²) in [6.07, 6.45) is 5.11. The van der Waals surface area contributed by atoms with Crippen molar-refractivity contribution in [1.29, 1.82) is 0 Å². The fourth-order valence-corrected chi connectivity index (χ4v) is 4.69. The van der Waals surface area contributed by atoms with Gasteiger partial charge in [-0.25, -0.2) is 4.90 Å². The molecule has 1 saturated heterocycles. The smallest absolute Gasteiger partial charge is 0.298 e. The summed E-state index contributed by atoms with van der Waals surface area (Å²) < 4.78 is 7.09. The molecule has 1 aliphatic heterocycles. The van der Waals surface area contributed by atoms with Gasteiger partial charge in [-0.15, -0.1) is 0 Å². The number of amides is 3. The van der Waals surface area contributed by atoms with E-state index in [4.69, 9.17) is 4.42 Å². The van der Waals surface area contributed by atoms with Crippen LogP contribution in [0.3, 0.4) is 0 Å². The second-order valence-electron chi connectivity index (χ2n) is 7.94. The third-order valence-corrected chi connectivity index (χ3v) is 6.42. The van der Waals surface area contributed by atoms with Crippen molar-refractivity contribution in [1.82, 2.24) is 9.88 Å². The molecule has 34 heavy (non-hydrogen) atoms. The minimum absolute atomic E-state index is 0.111. The lowest BCUT2D eigenvalue weighted by Gasteiger charge is -2.12. The molecule has 5 rings (SSSR count). The minimum atomic E-state index is -0.355. The number of carbonyl (C=O) groups excluding carboxylic acids is 3. The van der Waals surface area contributed by atoms with E-state index in [0.717, 1.165) is 33.8 Å². The second kappa shape index (κ2) is 9.07. The third kappa shape index (κ3) is 4.27. The number of fused-ring (bicyclic) bond motifs is 1. The van der Waals surface area contributed by atoms with Crippen LogP contribution in [0.15, 0.2) is 82.4 Å². The Bertz CT molecular complexity index is 1420. The van der Waals surface area contributed by atoms with Gasteiger partial charge in [-0.3, -0.25) is 14.4 Å². The van der Waals surface area contributed by atoms with Crippen LogP contribution >= 0.6 is 11.8 Å². The van der Waals surface area contributed by atoms with Gasteiger partial charge in [-0.2, -0.15) is 0 Å². The molecule has 170 valence electrons. The molecule has 0 unspecified atom stereocenters. The predicted molar refractivity (Wildman–Crippen MR) is 132 cm³/mol. The molecule has 0 bridgehead atoms. The first-order valence-electron chi connectivity index (χ1n) is 10.7. The van der Waals surface area contributed by atoms with Crippen LogP contribution in [0.5, 0.6) is 0 Å². The Balaban J connectivity index is 1.40. The van der Waals surface area contributed by atoms with Crippen LogP contribution in [0.25, 0.3) is 17.0 Å². The normalized spacial score (nSPS) is 15.0. The Morgan fingerprint density at radius 1 is 1.06 bits per heavy atom. The number of hydrogen-bond acceptors (Lipinski definition) is 5. The number of aromatic nitrogens is 1. The number of nitrogens with one attached hydrogen (secondary N) is 1. The first kappa shape index (κ1) is 21.8. The van der Waals surface area contributed by atoms with Crippen molar-refractivity contribution in [2.75, 3.05) is 4.90 Å². The van der Waals surface area contributed by atoms with Crippen LogP contribution in [0.1, 0.15) is 16.9 Å². The molecule has 0 atom stereocenters. The quantitative estimate of drug-likeness (QED) is 0.396. The molecule has 0 saturated carbocycles. The van der Waals surface area contributed by atoms with Crippen molar-refractivity contribution in [3.63, 3.8) is 0 Å². The molecule has 3 heterocycles. The average Bonchev–Trinajstić information content (AvgIpc) is 3.53. The SMILES string of the molecule is Cc1ccc(N2C(=O)S/C(=C\c3cn(CC(=O)NCc4ccco4)c4ccccc34)C2=O)cc1. The monoisotopic (exact) mass is 471 g/mol. The topological polar surface area (TPSA) is 84.6 Å². The Morgan fingerprint density at radius 2 is 1.85 bits per heavy atom. The lowest BCUT2D eigenvalue weighted by atomic mass is 10.1. The van der Waals surface area contributed by atoms with Crippen LogP contribution < -0.4 is 10.2 Å². The maximum absolute atomic E-state index is 13.1. The number of furan rings is 1. The summed E-state index contributed by atoms with van der Waals surface area (Å²) in [6.45, 7) is 2.37. The van der Waals surface area contributed by atoms with Gasteiger partial charge >= 0.3 is 0 Å². The van der Waals surface area contributed by atoms with E-state index >= 15 is 0 Å². The molecule has 0 radical (unpaired) electrons. The van der Waals surface area contributed by atoms with Gasteiger partial charge in [-0.05, 0) is 55.1 Å². The summed E-state index contributed by atoms with van der Waals surface area (Å²) in [6, 6.07) is 18.5. The third-order valence-electron chi connectivity index (χ3n) is 5.55. The summed E-state index contributed by atoms with van der Waals surface area (Å²) in [4.78, 5) is 39.7. The van der Waals surface area contributed by atoms with E-state index in [9.17, 15) is 14.4 Å². The number of benzene rings is 2. The molecule has 8 heteroatoms. The van der Waals surface area contributed by atoms with Crippen molar-refractivity contribution in [3.05, 3.63) is 94.9 Å². The number of aryl methyl sites for hydroxylation is 1. The van der Waals surface area contributed by atoms with Crippen molar-refractivity contribution in [2.24, 2.45) is 0 Å². The molecule has 1 N–H and O–H groups in total. The molecule has 0 aliphatic carbocycles.